The quantitative estimate of drug-likeness (QED) is 0.324. The molecule has 0 aliphatic heterocycles. The molecule has 0 N–H and O–H groups in total. The van der Waals surface area contributed by atoms with Crippen LogP contribution in [-0.2, 0) is 25.7 Å². The van der Waals surface area contributed by atoms with Gasteiger partial charge in [0.2, 0.25) is 0 Å². The van der Waals surface area contributed by atoms with Crippen molar-refractivity contribution < 1.29 is 19.1 Å². The largest absolute Gasteiger partial charge is 0.466 e. The fourth-order valence-electron chi connectivity index (χ4n) is 1.85. The number of benzene rings is 1. The minimum atomic E-state index is -0.280. The highest BCUT2D eigenvalue weighted by Crippen LogP contribution is 2.10. The Kier molecular flexibility index (Phi) is 9.86. The first-order chi connectivity index (χ1) is 10.6. The van der Waals surface area contributed by atoms with Crippen LogP contribution in [0.4, 0.5) is 0 Å². The van der Waals surface area contributed by atoms with Crippen molar-refractivity contribution in [2.24, 2.45) is 0 Å². The van der Waals surface area contributed by atoms with Gasteiger partial charge in [-0.2, -0.15) is 0 Å². The van der Waals surface area contributed by atoms with Crippen molar-refractivity contribution >= 4 is 34.5 Å². The molecule has 0 unspecified atom stereocenters. The fourth-order valence-corrected chi connectivity index (χ4v) is 2.46. The molecule has 0 saturated carbocycles. The first kappa shape index (κ1) is 18.9. The van der Waals surface area contributed by atoms with Gasteiger partial charge in [-0.05, 0) is 53.1 Å². The van der Waals surface area contributed by atoms with Crippen molar-refractivity contribution in [2.75, 3.05) is 6.61 Å². The van der Waals surface area contributed by atoms with E-state index >= 15 is 0 Å². The molecular formula is C17H23IO4. The van der Waals surface area contributed by atoms with Gasteiger partial charge in [0, 0.05) is 16.4 Å². The lowest BCUT2D eigenvalue weighted by molar-refractivity contribution is -0.146. The zero-order valence-electron chi connectivity index (χ0n) is 13.0. The molecule has 1 rings (SSSR count). The van der Waals surface area contributed by atoms with Crippen LogP contribution >= 0.6 is 22.6 Å². The highest BCUT2D eigenvalue weighted by atomic mass is 127. The van der Waals surface area contributed by atoms with E-state index in [4.69, 9.17) is 9.47 Å². The molecule has 0 atom stereocenters. The van der Waals surface area contributed by atoms with Crippen LogP contribution in [0.1, 0.15) is 51.0 Å². The maximum atomic E-state index is 11.6. The SMILES string of the molecule is CCCCCOC(=O)CCCC(=O)OCc1cccc(I)c1. The van der Waals surface area contributed by atoms with Crippen LogP contribution in [0.2, 0.25) is 0 Å². The molecule has 0 aromatic heterocycles. The van der Waals surface area contributed by atoms with Gasteiger partial charge in [-0.1, -0.05) is 31.9 Å². The molecule has 1 aromatic carbocycles. The van der Waals surface area contributed by atoms with Crippen molar-refractivity contribution in [2.45, 2.75) is 52.1 Å². The van der Waals surface area contributed by atoms with Crippen molar-refractivity contribution in [3.05, 3.63) is 33.4 Å². The monoisotopic (exact) mass is 418 g/mol. The normalized spacial score (nSPS) is 10.3. The summed E-state index contributed by atoms with van der Waals surface area (Å²) in [6, 6.07) is 7.81. The van der Waals surface area contributed by atoms with Crippen molar-refractivity contribution in [1.29, 1.82) is 0 Å². The molecule has 0 radical (unpaired) electrons. The van der Waals surface area contributed by atoms with E-state index in [0.717, 1.165) is 28.4 Å². The van der Waals surface area contributed by atoms with E-state index in [1.165, 1.54) is 0 Å². The zero-order chi connectivity index (χ0) is 16.2. The summed E-state index contributed by atoms with van der Waals surface area (Å²) in [4.78, 5) is 23.0. The van der Waals surface area contributed by atoms with Crippen LogP contribution in [0, 0.1) is 3.57 Å². The highest BCUT2D eigenvalue weighted by molar-refractivity contribution is 14.1. The van der Waals surface area contributed by atoms with Crippen molar-refractivity contribution in [3.63, 3.8) is 0 Å². The summed E-state index contributed by atoms with van der Waals surface area (Å²) in [5.41, 5.74) is 0.968. The van der Waals surface area contributed by atoms with E-state index in [0.29, 0.717) is 13.0 Å². The molecule has 5 heteroatoms. The Balaban J connectivity index is 2.09. The standard InChI is InChI=1S/C17H23IO4/c1-2-3-4-11-21-16(19)9-6-10-17(20)22-13-14-7-5-8-15(18)12-14/h5,7-8,12H,2-4,6,9-11,13H2,1H3. The summed E-state index contributed by atoms with van der Waals surface area (Å²) < 4.78 is 11.4. The Morgan fingerprint density at radius 2 is 1.77 bits per heavy atom. The maximum absolute atomic E-state index is 11.6. The molecule has 0 aliphatic carbocycles. The Labute approximate surface area is 145 Å². The van der Waals surface area contributed by atoms with Gasteiger partial charge >= 0.3 is 11.9 Å². The summed E-state index contributed by atoms with van der Waals surface area (Å²) in [5, 5.41) is 0. The van der Waals surface area contributed by atoms with Crippen molar-refractivity contribution in [1.82, 2.24) is 0 Å². The molecular weight excluding hydrogens is 395 g/mol. The average molecular weight is 418 g/mol. The second-order valence-electron chi connectivity index (χ2n) is 5.07. The van der Waals surface area contributed by atoms with Gasteiger partial charge in [-0.3, -0.25) is 9.59 Å². The molecule has 0 bridgehead atoms. The van der Waals surface area contributed by atoms with Crippen LogP contribution in [0.3, 0.4) is 0 Å². The molecule has 4 nitrogen and oxygen atoms in total. The van der Waals surface area contributed by atoms with Gasteiger partial charge in [0.15, 0.2) is 0 Å². The number of halogens is 1. The highest BCUT2D eigenvalue weighted by Gasteiger charge is 2.07. The number of hydrogen-bond acceptors (Lipinski definition) is 4. The van der Waals surface area contributed by atoms with E-state index in [-0.39, 0.29) is 31.4 Å². The molecule has 22 heavy (non-hydrogen) atoms. The van der Waals surface area contributed by atoms with Crippen LogP contribution in [0.25, 0.3) is 0 Å². The first-order valence-corrected chi connectivity index (χ1v) is 8.75. The first-order valence-electron chi connectivity index (χ1n) is 7.67. The summed E-state index contributed by atoms with van der Waals surface area (Å²) in [7, 11) is 0. The van der Waals surface area contributed by atoms with Gasteiger partial charge < -0.3 is 9.47 Å². The second kappa shape index (κ2) is 11.5. The smallest absolute Gasteiger partial charge is 0.306 e. The van der Waals surface area contributed by atoms with E-state index in [2.05, 4.69) is 29.5 Å². The minimum Gasteiger partial charge on any atom is -0.466 e. The van der Waals surface area contributed by atoms with Crippen LogP contribution in [0.15, 0.2) is 24.3 Å². The Morgan fingerprint density at radius 3 is 2.45 bits per heavy atom. The maximum Gasteiger partial charge on any atom is 0.306 e. The summed E-state index contributed by atoms with van der Waals surface area (Å²) in [5.74, 6) is -0.515. The number of rotatable bonds is 10. The number of hydrogen-bond donors (Lipinski definition) is 0. The lowest BCUT2D eigenvalue weighted by Gasteiger charge is -2.06. The second-order valence-corrected chi connectivity index (χ2v) is 6.32. The molecule has 0 heterocycles. The molecule has 1 aromatic rings. The minimum absolute atomic E-state index is 0.235. The Hall–Kier alpha value is -1.11. The predicted octanol–water partition coefficient (Wildman–Crippen LogP) is 4.24. The molecule has 0 aliphatic rings. The van der Waals surface area contributed by atoms with E-state index < -0.39 is 0 Å². The topological polar surface area (TPSA) is 52.6 Å². The van der Waals surface area contributed by atoms with Gasteiger partial charge in [0.1, 0.15) is 6.61 Å². The van der Waals surface area contributed by atoms with Gasteiger partial charge in [-0.25, -0.2) is 0 Å². The number of carbonyl (C=O) groups is 2. The third-order valence-corrected chi connectivity index (χ3v) is 3.73. The van der Waals surface area contributed by atoms with E-state index in [9.17, 15) is 9.59 Å². The third-order valence-electron chi connectivity index (χ3n) is 3.06. The lowest BCUT2D eigenvalue weighted by Crippen LogP contribution is -2.08. The number of ether oxygens (including phenoxy) is 2. The number of unbranched alkanes of at least 4 members (excludes halogenated alkanes) is 2. The van der Waals surface area contributed by atoms with Crippen LogP contribution < -0.4 is 0 Å². The summed E-state index contributed by atoms with van der Waals surface area (Å²) in [6.45, 7) is 2.85. The van der Waals surface area contributed by atoms with Crippen LogP contribution in [0.5, 0.6) is 0 Å². The average Bonchev–Trinajstić information content (AvgIpc) is 2.50. The fraction of sp³-hybridized carbons (Fsp3) is 0.529. The Morgan fingerprint density at radius 1 is 1.05 bits per heavy atom. The van der Waals surface area contributed by atoms with Crippen LogP contribution in [-0.4, -0.2) is 18.5 Å². The molecule has 122 valence electrons. The van der Waals surface area contributed by atoms with Gasteiger partial charge in [0.25, 0.3) is 0 Å². The molecule has 0 amide bonds. The zero-order valence-corrected chi connectivity index (χ0v) is 15.1. The Bertz CT molecular complexity index is 473. The van der Waals surface area contributed by atoms with Crippen molar-refractivity contribution in [3.8, 4) is 0 Å². The molecule has 0 fully saturated rings. The van der Waals surface area contributed by atoms with E-state index in [1.807, 2.05) is 24.3 Å². The number of carbonyl (C=O) groups excluding carboxylic acids is 2. The third kappa shape index (κ3) is 9.02. The lowest BCUT2D eigenvalue weighted by atomic mass is 10.2. The summed E-state index contributed by atoms with van der Waals surface area (Å²) in [6.07, 6.45) is 4.05. The molecule has 0 spiro atoms. The predicted molar refractivity (Wildman–Crippen MR) is 93.3 cm³/mol. The molecule has 0 saturated heterocycles. The van der Waals surface area contributed by atoms with Gasteiger partial charge in [0.05, 0.1) is 6.61 Å². The summed E-state index contributed by atoms with van der Waals surface area (Å²) >= 11 is 2.22. The van der Waals surface area contributed by atoms with Gasteiger partial charge in [-0.15, -0.1) is 0 Å². The van der Waals surface area contributed by atoms with E-state index in [1.54, 1.807) is 0 Å². The number of esters is 2.